The van der Waals surface area contributed by atoms with Crippen LogP contribution < -0.4 is 0 Å². The van der Waals surface area contributed by atoms with Crippen molar-refractivity contribution in [2.24, 2.45) is 0 Å². The maximum atomic E-state index is 5.99. The largest absolute Gasteiger partial charge is 0.408 e. The lowest BCUT2D eigenvalue weighted by atomic mass is 10.4. The van der Waals surface area contributed by atoms with Crippen LogP contribution >= 0.6 is 0 Å². The molecule has 0 spiro atoms. The normalized spacial score (nSPS) is 16.4. The zero-order chi connectivity index (χ0) is 14.8. The summed E-state index contributed by atoms with van der Waals surface area (Å²) in [7, 11) is -3.15. The van der Waals surface area contributed by atoms with Gasteiger partial charge in [-0.3, -0.25) is 5.10 Å². The van der Waals surface area contributed by atoms with Crippen molar-refractivity contribution in [1.29, 1.82) is 0 Å². The Bertz CT molecular complexity index is 373. The maximum Gasteiger partial charge on any atom is 0.184 e. The van der Waals surface area contributed by atoms with Gasteiger partial charge in [0, 0.05) is 0 Å². The van der Waals surface area contributed by atoms with Crippen molar-refractivity contribution in [1.82, 2.24) is 15.2 Å². The number of nitrogens with zero attached hydrogens (tertiary/aromatic N) is 2. The monoisotopic (exact) mass is 301 g/mol. The van der Waals surface area contributed by atoms with E-state index in [0.29, 0.717) is 5.82 Å². The summed E-state index contributed by atoms with van der Waals surface area (Å²) in [5.74, 6) is 1.49. The lowest BCUT2D eigenvalue weighted by molar-refractivity contribution is 0.203. The van der Waals surface area contributed by atoms with Gasteiger partial charge >= 0.3 is 0 Å². The number of H-pyrrole nitrogens is 1. The van der Waals surface area contributed by atoms with Crippen LogP contribution in [-0.2, 0) is 8.85 Å². The van der Waals surface area contributed by atoms with Crippen LogP contribution in [0.4, 0.5) is 0 Å². The van der Waals surface area contributed by atoms with E-state index >= 15 is 0 Å². The Balaban J connectivity index is 2.71. The highest BCUT2D eigenvalue weighted by Crippen LogP contribution is 2.22. The summed E-state index contributed by atoms with van der Waals surface area (Å²) in [6, 6.07) is 0. The number of hydrogen-bond donors (Lipinski definition) is 1. The van der Waals surface area contributed by atoms with Crippen molar-refractivity contribution in [3.8, 4) is 0 Å². The minimum atomic E-state index is -1.58. The predicted molar refractivity (Wildman–Crippen MR) is 82.1 cm³/mol. The zero-order valence-corrected chi connectivity index (χ0v) is 15.4. The Morgan fingerprint density at radius 1 is 0.895 bits per heavy atom. The minimum absolute atomic E-state index is 0.0491. The molecule has 0 radical (unpaired) electrons. The molecule has 0 amide bonds. The fourth-order valence-electron chi connectivity index (χ4n) is 1.82. The van der Waals surface area contributed by atoms with Gasteiger partial charge in [-0.1, -0.05) is 0 Å². The molecule has 0 aliphatic rings. The summed E-state index contributed by atoms with van der Waals surface area (Å²) in [5, 5.41) is 7.21. The average Bonchev–Trinajstić information content (AvgIpc) is 2.60. The van der Waals surface area contributed by atoms with E-state index in [4.69, 9.17) is 8.85 Å². The highest BCUT2D eigenvalue weighted by molar-refractivity contribution is 6.70. The molecule has 1 rings (SSSR count). The Morgan fingerprint density at radius 2 is 1.37 bits per heavy atom. The Hall–Kier alpha value is -0.506. The quantitative estimate of drug-likeness (QED) is 0.815. The van der Waals surface area contributed by atoms with Gasteiger partial charge < -0.3 is 8.85 Å². The van der Waals surface area contributed by atoms with E-state index in [-0.39, 0.29) is 12.2 Å². The van der Waals surface area contributed by atoms with Gasteiger partial charge in [0.15, 0.2) is 28.3 Å². The Morgan fingerprint density at radius 3 is 1.84 bits per heavy atom. The molecular weight excluding hydrogens is 274 g/mol. The second kappa shape index (κ2) is 5.86. The molecule has 110 valence electrons. The van der Waals surface area contributed by atoms with Crippen LogP contribution in [0.1, 0.15) is 37.7 Å². The van der Waals surface area contributed by atoms with Gasteiger partial charge in [0.25, 0.3) is 0 Å². The van der Waals surface area contributed by atoms with E-state index in [1.807, 2.05) is 13.8 Å². The van der Waals surface area contributed by atoms with E-state index in [2.05, 4.69) is 54.5 Å². The third-order valence-electron chi connectivity index (χ3n) is 2.33. The van der Waals surface area contributed by atoms with Gasteiger partial charge in [0.2, 0.25) is 0 Å². The molecule has 2 atom stereocenters. The first-order chi connectivity index (χ1) is 8.48. The van der Waals surface area contributed by atoms with E-state index in [0.717, 1.165) is 5.82 Å². The van der Waals surface area contributed by atoms with Crippen molar-refractivity contribution < 1.29 is 8.85 Å². The number of hydrogen-bond acceptors (Lipinski definition) is 4. The van der Waals surface area contributed by atoms with Crippen molar-refractivity contribution >= 4 is 16.6 Å². The zero-order valence-electron chi connectivity index (χ0n) is 13.4. The molecule has 5 nitrogen and oxygen atoms in total. The molecule has 0 saturated carbocycles. The molecule has 1 aromatic rings. The van der Waals surface area contributed by atoms with E-state index in [1.54, 1.807) is 0 Å². The topological polar surface area (TPSA) is 60.0 Å². The first-order valence-corrected chi connectivity index (χ1v) is 13.6. The Labute approximate surface area is 118 Å². The lowest BCUT2D eigenvalue weighted by Crippen LogP contribution is -2.28. The molecule has 7 heteroatoms. The van der Waals surface area contributed by atoms with Crippen molar-refractivity contribution in [3.05, 3.63) is 11.6 Å². The third-order valence-corrected chi connectivity index (χ3v) is 4.45. The molecule has 1 N–H and O–H groups in total. The second-order valence-electron chi connectivity index (χ2n) is 6.82. The van der Waals surface area contributed by atoms with Gasteiger partial charge in [0.1, 0.15) is 12.2 Å². The lowest BCUT2D eigenvalue weighted by Gasteiger charge is -2.22. The predicted octanol–water partition coefficient (Wildman–Crippen LogP) is 3.63. The number of nitrogens with one attached hydrogen (secondary N) is 1. The standard InChI is InChI=1S/C12H27N3O2Si2/c1-9(16-18(3,4)5)11-13-12(15-14-11)10(2)17-19(6,7)8/h9-10H,1-8H3,(H,13,14,15)/t9-,10-/m0/s1. The number of aromatic amines is 1. The molecule has 0 fully saturated rings. The fourth-order valence-corrected chi connectivity index (χ4v) is 4.16. The molecule has 0 saturated heterocycles. The van der Waals surface area contributed by atoms with Gasteiger partial charge in [-0.15, -0.1) is 0 Å². The molecule has 0 unspecified atom stereocenters. The smallest absolute Gasteiger partial charge is 0.184 e. The third kappa shape index (κ3) is 5.98. The number of rotatable bonds is 6. The molecule has 19 heavy (non-hydrogen) atoms. The van der Waals surface area contributed by atoms with Crippen LogP contribution in [0, 0.1) is 0 Å². The van der Waals surface area contributed by atoms with Crippen molar-refractivity contribution in [3.63, 3.8) is 0 Å². The first kappa shape index (κ1) is 16.5. The minimum Gasteiger partial charge on any atom is -0.408 e. The average molecular weight is 302 g/mol. The van der Waals surface area contributed by atoms with Gasteiger partial charge in [-0.2, -0.15) is 5.10 Å². The fraction of sp³-hybridized carbons (Fsp3) is 0.833. The summed E-state index contributed by atoms with van der Waals surface area (Å²) in [4.78, 5) is 4.51. The summed E-state index contributed by atoms with van der Waals surface area (Å²) < 4.78 is 12.0. The highest BCUT2D eigenvalue weighted by atomic mass is 28.4. The molecule has 0 aromatic carbocycles. The van der Waals surface area contributed by atoms with Crippen LogP contribution in [0.25, 0.3) is 0 Å². The van der Waals surface area contributed by atoms with Crippen LogP contribution in [0.5, 0.6) is 0 Å². The highest BCUT2D eigenvalue weighted by Gasteiger charge is 2.25. The second-order valence-corrected chi connectivity index (χ2v) is 15.7. The Kier molecular flexibility index (Phi) is 5.11. The van der Waals surface area contributed by atoms with E-state index < -0.39 is 16.6 Å². The first-order valence-electron chi connectivity index (χ1n) is 6.76. The van der Waals surface area contributed by atoms with E-state index in [1.165, 1.54) is 0 Å². The van der Waals surface area contributed by atoms with Crippen LogP contribution in [0.3, 0.4) is 0 Å². The van der Waals surface area contributed by atoms with Crippen molar-refractivity contribution in [2.45, 2.75) is 65.3 Å². The summed E-state index contributed by atoms with van der Waals surface area (Å²) >= 11 is 0. The summed E-state index contributed by atoms with van der Waals surface area (Å²) in [6.45, 7) is 17.0. The molecule has 0 bridgehead atoms. The SMILES string of the molecule is C[C@H](O[Si](C)(C)C)c1n[nH]c([C@H](C)O[Si](C)(C)C)n1. The number of aromatic nitrogens is 3. The van der Waals surface area contributed by atoms with Gasteiger partial charge in [-0.05, 0) is 53.1 Å². The van der Waals surface area contributed by atoms with Gasteiger partial charge in [0.05, 0.1) is 0 Å². The van der Waals surface area contributed by atoms with E-state index in [9.17, 15) is 0 Å². The maximum absolute atomic E-state index is 5.99. The van der Waals surface area contributed by atoms with Crippen LogP contribution in [-0.4, -0.2) is 31.8 Å². The molecule has 1 aromatic heterocycles. The summed E-state index contributed by atoms with van der Waals surface area (Å²) in [5.41, 5.74) is 0. The van der Waals surface area contributed by atoms with Gasteiger partial charge in [-0.25, -0.2) is 4.98 Å². The molecular formula is C12H27N3O2Si2. The molecule has 0 aliphatic heterocycles. The summed E-state index contributed by atoms with van der Waals surface area (Å²) in [6.07, 6.45) is -0.122. The molecule has 1 heterocycles. The van der Waals surface area contributed by atoms with Crippen LogP contribution in [0.15, 0.2) is 0 Å². The van der Waals surface area contributed by atoms with Crippen LogP contribution in [0.2, 0.25) is 39.3 Å². The van der Waals surface area contributed by atoms with Crippen molar-refractivity contribution in [2.75, 3.05) is 0 Å². The molecule has 0 aliphatic carbocycles.